The standard InChI is InChI=1S/C13H7Cl2F6N5O2S/c1-25(29(27,28)13(19,20)21)10-8(4-22)24-26(11(10)23)9-6(14)2-5(3-7(9)15)12(16,17)18/h2-3H,23H2,1H3. The maximum atomic E-state index is 12.8. The summed E-state index contributed by atoms with van der Waals surface area (Å²) in [4.78, 5) is 0. The number of nitrogens with zero attached hydrogens (tertiary/aromatic N) is 4. The van der Waals surface area contributed by atoms with Crippen molar-refractivity contribution in [3.63, 3.8) is 0 Å². The Balaban J connectivity index is 2.76. The van der Waals surface area contributed by atoms with Gasteiger partial charge < -0.3 is 5.73 Å². The number of sulfonamides is 1. The lowest BCUT2D eigenvalue weighted by Gasteiger charge is -2.20. The van der Waals surface area contributed by atoms with E-state index in [9.17, 15) is 34.8 Å². The molecular formula is C13H7Cl2F6N5O2S. The molecule has 1 aromatic heterocycles. The summed E-state index contributed by atoms with van der Waals surface area (Å²) in [6.45, 7) is 0. The average molecular weight is 482 g/mol. The van der Waals surface area contributed by atoms with Crippen LogP contribution in [0.2, 0.25) is 10.0 Å². The number of alkyl halides is 6. The third kappa shape index (κ3) is 3.89. The van der Waals surface area contributed by atoms with Gasteiger partial charge in [-0.2, -0.15) is 45.1 Å². The molecule has 0 saturated heterocycles. The van der Waals surface area contributed by atoms with Crippen molar-refractivity contribution in [1.29, 1.82) is 5.26 Å². The molecule has 7 nitrogen and oxygen atoms in total. The predicted octanol–water partition coefficient (Wildman–Crippen LogP) is 3.94. The Hall–Kier alpha value is -2.37. The molecule has 2 rings (SSSR count). The Morgan fingerprint density at radius 2 is 1.66 bits per heavy atom. The van der Waals surface area contributed by atoms with Gasteiger partial charge in [-0.05, 0) is 12.1 Å². The van der Waals surface area contributed by atoms with Crippen molar-refractivity contribution in [3.05, 3.63) is 33.4 Å². The zero-order chi connectivity index (χ0) is 22.5. The molecule has 0 fully saturated rings. The van der Waals surface area contributed by atoms with Crippen LogP contribution in [-0.4, -0.2) is 30.8 Å². The van der Waals surface area contributed by atoms with Crippen LogP contribution >= 0.6 is 23.2 Å². The van der Waals surface area contributed by atoms with Gasteiger partial charge in [-0.25, -0.2) is 4.68 Å². The summed E-state index contributed by atoms with van der Waals surface area (Å²) in [7, 11) is -5.50. The third-order valence-electron chi connectivity index (χ3n) is 3.52. The summed E-state index contributed by atoms with van der Waals surface area (Å²) in [5, 5.41) is 11.3. The van der Waals surface area contributed by atoms with Crippen molar-refractivity contribution >= 4 is 44.7 Å². The van der Waals surface area contributed by atoms with E-state index in [0.717, 1.165) is 0 Å². The summed E-state index contributed by atoms with van der Waals surface area (Å²) >= 11 is 11.6. The van der Waals surface area contributed by atoms with E-state index in [1.54, 1.807) is 0 Å². The first-order valence-electron chi connectivity index (χ1n) is 6.94. The van der Waals surface area contributed by atoms with Crippen LogP contribution in [0.3, 0.4) is 0 Å². The Labute approximate surface area is 168 Å². The van der Waals surface area contributed by atoms with E-state index in [4.69, 9.17) is 34.2 Å². The molecule has 1 heterocycles. The molecule has 0 atom stereocenters. The van der Waals surface area contributed by atoms with Gasteiger partial charge in [-0.3, -0.25) is 4.31 Å². The van der Waals surface area contributed by atoms with Crippen LogP contribution in [0.15, 0.2) is 12.1 Å². The number of benzene rings is 1. The molecule has 1 aromatic carbocycles. The minimum atomic E-state index is -5.97. The molecule has 0 amide bonds. The quantitative estimate of drug-likeness (QED) is 0.668. The molecule has 0 aliphatic heterocycles. The van der Waals surface area contributed by atoms with Crippen LogP contribution in [-0.2, 0) is 16.2 Å². The topological polar surface area (TPSA) is 105 Å². The van der Waals surface area contributed by atoms with Gasteiger partial charge in [0, 0.05) is 7.05 Å². The largest absolute Gasteiger partial charge is 0.516 e. The highest BCUT2D eigenvalue weighted by Gasteiger charge is 2.50. The second-order valence-electron chi connectivity index (χ2n) is 5.31. The van der Waals surface area contributed by atoms with Gasteiger partial charge in [0.15, 0.2) is 11.5 Å². The monoisotopic (exact) mass is 481 g/mol. The molecule has 0 radical (unpaired) electrons. The van der Waals surface area contributed by atoms with E-state index in [-0.39, 0.29) is 4.31 Å². The Morgan fingerprint density at radius 3 is 2.03 bits per heavy atom. The zero-order valence-corrected chi connectivity index (χ0v) is 16.1. The van der Waals surface area contributed by atoms with Gasteiger partial charge >= 0.3 is 21.7 Å². The maximum absolute atomic E-state index is 12.8. The number of nitrogens with two attached hydrogens (primary N) is 1. The second-order valence-corrected chi connectivity index (χ2v) is 8.09. The number of nitriles is 1. The fourth-order valence-electron chi connectivity index (χ4n) is 2.19. The number of rotatable bonds is 3. The fraction of sp³-hybridized carbons (Fsp3) is 0.231. The molecule has 0 aliphatic rings. The van der Waals surface area contributed by atoms with E-state index in [2.05, 4.69) is 5.10 Å². The summed E-state index contributed by atoms with van der Waals surface area (Å²) < 4.78 is 100. The Bertz CT molecular complexity index is 1100. The fourth-order valence-corrected chi connectivity index (χ4v) is 3.56. The van der Waals surface area contributed by atoms with Crippen LogP contribution < -0.4 is 10.0 Å². The van der Waals surface area contributed by atoms with E-state index >= 15 is 0 Å². The van der Waals surface area contributed by atoms with Gasteiger partial charge in [-0.15, -0.1) is 0 Å². The first-order chi connectivity index (χ1) is 13.0. The van der Waals surface area contributed by atoms with Gasteiger partial charge in [0.25, 0.3) is 0 Å². The average Bonchev–Trinajstić information content (AvgIpc) is 2.88. The van der Waals surface area contributed by atoms with Crippen LogP contribution in [0.5, 0.6) is 0 Å². The zero-order valence-electron chi connectivity index (χ0n) is 13.8. The molecule has 2 aromatic rings. The highest BCUT2D eigenvalue weighted by atomic mass is 35.5. The van der Waals surface area contributed by atoms with Crippen LogP contribution in [0, 0.1) is 11.3 Å². The van der Waals surface area contributed by atoms with Gasteiger partial charge in [-0.1, -0.05) is 23.2 Å². The van der Waals surface area contributed by atoms with Gasteiger partial charge in [0.2, 0.25) is 0 Å². The number of halogens is 8. The lowest BCUT2D eigenvalue weighted by Crippen LogP contribution is -2.38. The van der Waals surface area contributed by atoms with E-state index < -0.39 is 60.2 Å². The summed E-state index contributed by atoms with van der Waals surface area (Å²) in [6, 6.07) is 2.25. The van der Waals surface area contributed by atoms with Crippen molar-refractivity contribution in [2.45, 2.75) is 11.7 Å². The first kappa shape index (κ1) is 22.9. The summed E-state index contributed by atoms with van der Waals surface area (Å²) in [5.74, 6) is -0.833. The highest BCUT2D eigenvalue weighted by Crippen LogP contribution is 2.41. The van der Waals surface area contributed by atoms with Crippen LogP contribution in [0.1, 0.15) is 11.3 Å². The SMILES string of the molecule is CN(c1c(C#N)nn(-c2c(Cl)cc(C(F)(F)F)cc2Cl)c1N)S(=O)(=O)C(F)(F)F. The molecular weight excluding hydrogens is 475 g/mol. The number of nitrogen functional groups attached to an aromatic ring is 1. The van der Waals surface area contributed by atoms with E-state index in [1.807, 2.05) is 0 Å². The number of hydrogen-bond donors (Lipinski definition) is 1. The Morgan fingerprint density at radius 1 is 1.17 bits per heavy atom. The summed E-state index contributed by atoms with van der Waals surface area (Å²) in [6.07, 6.45) is -4.81. The molecule has 0 aliphatic carbocycles. The molecule has 158 valence electrons. The van der Waals surface area contributed by atoms with Crippen molar-refractivity contribution < 1.29 is 34.8 Å². The Kier molecular flexibility index (Phi) is 5.65. The molecule has 0 unspecified atom stereocenters. The highest BCUT2D eigenvalue weighted by molar-refractivity contribution is 7.93. The van der Waals surface area contributed by atoms with Crippen molar-refractivity contribution in [1.82, 2.24) is 9.78 Å². The maximum Gasteiger partial charge on any atom is 0.516 e. The number of anilines is 2. The molecule has 2 N–H and O–H groups in total. The minimum absolute atomic E-state index is 0.323. The lowest BCUT2D eigenvalue weighted by atomic mass is 10.2. The normalized spacial score (nSPS) is 12.7. The van der Waals surface area contributed by atoms with Crippen LogP contribution in [0.4, 0.5) is 37.8 Å². The predicted molar refractivity (Wildman–Crippen MR) is 91.1 cm³/mol. The molecule has 0 spiro atoms. The van der Waals surface area contributed by atoms with Crippen molar-refractivity contribution in [2.24, 2.45) is 0 Å². The summed E-state index contributed by atoms with van der Waals surface area (Å²) in [5.41, 5.74) is -3.65. The smallest absolute Gasteiger partial charge is 0.382 e. The van der Waals surface area contributed by atoms with Crippen molar-refractivity contribution in [3.8, 4) is 11.8 Å². The van der Waals surface area contributed by atoms with Gasteiger partial charge in [0.05, 0.1) is 15.6 Å². The van der Waals surface area contributed by atoms with Gasteiger partial charge in [0.1, 0.15) is 17.4 Å². The molecule has 0 bridgehead atoms. The van der Waals surface area contributed by atoms with E-state index in [0.29, 0.717) is 23.9 Å². The second kappa shape index (κ2) is 7.15. The molecule has 16 heteroatoms. The molecule has 0 saturated carbocycles. The third-order valence-corrected chi connectivity index (χ3v) is 5.59. The lowest BCUT2D eigenvalue weighted by molar-refractivity contribution is -0.137. The molecule has 29 heavy (non-hydrogen) atoms. The number of hydrogen-bond acceptors (Lipinski definition) is 5. The van der Waals surface area contributed by atoms with Crippen LogP contribution in [0.25, 0.3) is 5.69 Å². The minimum Gasteiger partial charge on any atom is -0.382 e. The van der Waals surface area contributed by atoms with Crippen molar-refractivity contribution in [2.75, 3.05) is 17.1 Å². The first-order valence-corrected chi connectivity index (χ1v) is 9.14. The van der Waals surface area contributed by atoms with E-state index in [1.165, 1.54) is 6.07 Å². The number of aromatic nitrogens is 2.